The maximum absolute atomic E-state index is 13.4. The van der Waals surface area contributed by atoms with E-state index in [1.165, 1.54) is 11.6 Å². The van der Waals surface area contributed by atoms with E-state index < -0.39 is 11.6 Å². The monoisotopic (exact) mass is 442 g/mol. The van der Waals surface area contributed by atoms with Gasteiger partial charge in [-0.05, 0) is 43.0 Å². The molecule has 2 aromatic rings. The predicted octanol–water partition coefficient (Wildman–Crippen LogP) is 3.40. The van der Waals surface area contributed by atoms with E-state index in [2.05, 4.69) is 46.7 Å². The van der Waals surface area contributed by atoms with Crippen LogP contribution in [0.2, 0.25) is 0 Å². The molecular weight excluding hydrogens is 410 g/mol. The molecule has 2 aliphatic heterocycles. The molecular formula is C25H32F2N4O. The Morgan fingerprint density at radius 3 is 2.44 bits per heavy atom. The minimum Gasteiger partial charge on any atom is -0.382 e. The summed E-state index contributed by atoms with van der Waals surface area (Å²) < 4.78 is 26.5. The van der Waals surface area contributed by atoms with Gasteiger partial charge in [0.05, 0.1) is 6.42 Å². The summed E-state index contributed by atoms with van der Waals surface area (Å²) in [6.45, 7) is 7.63. The van der Waals surface area contributed by atoms with Crippen molar-refractivity contribution in [1.29, 1.82) is 0 Å². The van der Waals surface area contributed by atoms with Gasteiger partial charge in [-0.25, -0.2) is 8.78 Å². The first-order chi connectivity index (χ1) is 15.5. The summed E-state index contributed by atoms with van der Waals surface area (Å²) in [7, 11) is 0. The third-order valence-corrected chi connectivity index (χ3v) is 6.38. The molecule has 2 aliphatic rings. The van der Waals surface area contributed by atoms with Crippen molar-refractivity contribution in [2.24, 2.45) is 0 Å². The van der Waals surface area contributed by atoms with E-state index in [0.29, 0.717) is 31.2 Å². The van der Waals surface area contributed by atoms with Gasteiger partial charge < -0.3 is 15.5 Å². The lowest BCUT2D eigenvalue weighted by Crippen LogP contribution is -2.48. The van der Waals surface area contributed by atoms with E-state index in [1.54, 1.807) is 6.07 Å². The number of amides is 1. The molecule has 1 atom stereocenters. The van der Waals surface area contributed by atoms with Crippen molar-refractivity contribution in [1.82, 2.24) is 15.1 Å². The minimum atomic E-state index is -0.851. The number of anilines is 1. The highest BCUT2D eigenvalue weighted by molar-refractivity contribution is 5.78. The van der Waals surface area contributed by atoms with Gasteiger partial charge in [-0.2, -0.15) is 0 Å². The second-order valence-electron chi connectivity index (χ2n) is 9.01. The highest BCUT2D eigenvalue weighted by atomic mass is 19.2. The van der Waals surface area contributed by atoms with Gasteiger partial charge in [0.2, 0.25) is 5.91 Å². The summed E-state index contributed by atoms with van der Waals surface area (Å²) in [6, 6.07) is 12.9. The third kappa shape index (κ3) is 6.04. The molecule has 2 saturated heterocycles. The van der Waals surface area contributed by atoms with Crippen molar-refractivity contribution in [3.8, 4) is 0 Å². The summed E-state index contributed by atoms with van der Waals surface area (Å²) in [4.78, 5) is 17.1. The number of piperidine rings is 1. The molecule has 32 heavy (non-hydrogen) atoms. The topological polar surface area (TPSA) is 47.6 Å². The van der Waals surface area contributed by atoms with Crippen LogP contribution in [0.15, 0.2) is 42.5 Å². The number of piperazine rings is 1. The predicted molar refractivity (Wildman–Crippen MR) is 122 cm³/mol. The van der Waals surface area contributed by atoms with Crippen LogP contribution in [0.3, 0.4) is 0 Å². The molecule has 1 amide bonds. The fourth-order valence-corrected chi connectivity index (χ4v) is 4.56. The molecule has 0 spiro atoms. The summed E-state index contributed by atoms with van der Waals surface area (Å²) in [6.07, 6.45) is 1.98. The molecule has 172 valence electrons. The maximum Gasteiger partial charge on any atom is 0.226 e. The van der Waals surface area contributed by atoms with Gasteiger partial charge in [0.1, 0.15) is 0 Å². The Balaban J connectivity index is 1.22. The zero-order chi connectivity index (χ0) is 22.5. The normalized spacial score (nSPS) is 20.3. The van der Waals surface area contributed by atoms with Crippen LogP contribution in [0.25, 0.3) is 0 Å². The summed E-state index contributed by atoms with van der Waals surface area (Å²) in [5.74, 6) is -1.56. The first-order valence-corrected chi connectivity index (χ1v) is 11.5. The van der Waals surface area contributed by atoms with Crippen molar-refractivity contribution in [2.75, 3.05) is 38.0 Å². The Morgan fingerprint density at radius 1 is 1.03 bits per heavy atom. The largest absolute Gasteiger partial charge is 0.382 e. The number of hydrogen-bond donors (Lipinski definition) is 2. The van der Waals surface area contributed by atoms with Crippen LogP contribution in [0.1, 0.15) is 30.9 Å². The smallest absolute Gasteiger partial charge is 0.226 e. The number of benzene rings is 2. The lowest BCUT2D eigenvalue weighted by Gasteiger charge is -2.33. The molecule has 4 rings (SSSR count). The third-order valence-electron chi connectivity index (χ3n) is 6.38. The number of nitrogens with one attached hydrogen (secondary N) is 2. The fraction of sp³-hybridized carbons (Fsp3) is 0.480. The number of carbonyl (C=O) groups is 1. The average molecular weight is 443 g/mol. The number of likely N-dealkylation sites (tertiary alicyclic amines) is 1. The van der Waals surface area contributed by atoms with Gasteiger partial charge in [0.25, 0.3) is 0 Å². The van der Waals surface area contributed by atoms with Gasteiger partial charge in [0, 0.05) is 63.1 Å². The number of carbonyl (C=O) groups excluding carboxylic acids is 1. The second-order valence-corrected chi connectivity index (χ2v) is 9.01. The van der Waals surface area contributed by atoms with Crippen LogP contribution in [-0.2, 0) is 17.8 Å². The molecule has 2 fully saturated rings. The van der Waals surface area contributed by atoms with Gasteiger partial charge in [-0.3, -0.25) is 9.69 Å². The molecule has 0 aliphatic carbocycles. The van der Waals surface area contributed by atoms with E-state index in [9.17, 15) is 13.6 Å². The summed E-state index contributed by atoms with van der Waals surface area (Å²) in [5.41, 5.74) is 2.89. The average Bonchev–Trinajstić information content (AvgIpc) is 2.78. The minimum absolute atomic E-state index is 0.139. The van der Waals surface area contributed by atoms with Crippen molar-refractivity contribution < 1.29 is 13.6 Å². The first-order valence-electron chi connectivity index (χ1n) is 11.5. The SMILES string of the molecule is C[C@H]1CN(Cc2ccc(CC(=O)N3CCC(Nc4ccc(F)c(F)c4)CC3)cc2)CCN1. The first kappa shape index (κ1) is 22.7. The highest BCUT2D eigenvalue weighted by Gasteiger charge is 2.23. The van der Waals surface area contributed by atoms with Crippen LogP contribution >= 0.6 is 0 Å². The molecule has 2 heterocycles. The van der Waals surface area contributed by atoms with E-state index in [-0.39, 0.29) is 11.9 Å². The molecule has 2 N–H and O–H groups in total. The van der Waals surface area contributed by atoms with Crippen LogP contribution in [0.4, 0.5) is 14.5 Å². The molecule has 0 unspecified atom stereocenters. The van der Waals surface area contributed by atoms with Crippen molar-refractivity contribution in [3.05, 3.63) is 65.2 Å². The molecule has 0 bridgehead atoms. The highest BCUT2D eigenvalue weighted by Crippen LogP contribution is 2.20. The number of halogens is 2. The van der Waals surface area contributed by atoms with Crippen molar-refractivity contribution in [3.63, 3.8) is 0 Å². The molecule has 0 aromatic heterocycles. The lowest BCUT2D eigenvalue weighted by molar-refractivity contribution is -0.131. The van der Waals surface area contributed by atoms with E-state index in [0.717, 1.165) is 50.7 Å². The summed E-state index contributed by atoms with van der Waals surface area (Å²) in [5, 5.41) is 6.71. The number of nitrogens with zero attached hydrogens (tertiary/aromatic N) is 2. The molecule has 2 aromatic carbocycles. The van der Waals surface area contributed by atoms with Crippen molar-refractivity contribution >= 4 is 11.6 Å². The van der Waals surface area contributed by atoms with Gasteiger partial charge in [0.15, 0.2) is 11.6 Å². The van der Waals surface area contributed by atoms with Gasteiger partial charge >= 0.3 is 0 Å². The van der Waals surface area contributed by atoms with Crippen LogP contribution in [-0.4, -0.2) is 60.5 Å². The van der Waals surface area contributed by atoms with E-state index in [4.69, 9.17) is 0 Å². The molecule has 7 heteroatoms. The van der Waals surface area contributed by atoms with Gasteiger partial charge in [-0.15, -0.1) is 0 Å². The number of rotatable bonds is 6. The zero-order valence-corrected chi connectivity index (χ0v) is 18.6. The quantitative estimate of drug-likeness (QED) is 0.720. The Kier molecular flexibility index (Phi) is 7.37. The van der Waals surface area contributed by atoms with E-state index >= 15 is 0 Å². The van der Waals surface area contributed by atoms with Crippen LogP contribution in [0, 0.1) is 11.6 Å². The Hall–Kier alpha value is -2.51. The zero-order valence-electron chi connectivity index (χ0n) is 18.6. The van der Waals surface area contributed by atoms with Crippen LogP contribution < -0.4 is 10.6 Å². The summed E-state index contributed by atoms with van der Waals surface area (Å²) >= 11 is 0. The maximum atomic E-state index is 13.4. The lowest BCUT2D eigenvalue weighted by atomic mass is 10.0. The Bertz CT molecular complexity index is 913. The second kappa shape index (κ2) is 10.4. The molecule has 5 nitrogen and oxygen atoms in total. The van der Waals surface area contributed by atoms with E-state index in [1.807, 2.05) is 4.90 Å². The molecule has 0 saturated carbocycles. The van der Waals surface area contributed by atoms with Crippen LogP contribution in [0.5, 0.6) is 0 Å². The Labute approximate surface area is 188 Å². The van der Waals surface area contributed by atoms with Crippen molar-refractivity contribution in [2.45, 2.75) is 44.8 Å². The fourth-order valence-electron chi connectivity index (χ4n) is 4.56. The standard InChI is InChI=1S/C25H32F2N4O/c1-18-16-30(13-10-28-18)17-20-4-2-19(3-5-20)14-25(32)31-11-8-21(9-12-31)29-22-6-7-23(26)24(27)15-22/h2-7,15,18,21,28-29H,8-14,16-17H2,1H3/t18-/m0/s1. The number of hydrogen-bond acceptors (Lipinski definition) is 4. The van der Waals surface area contributed by atoms with Gasteiger partial charge in [-0.1, -0.05) is 24.3 Å². The Morgan fingerprint density at radius 2 is 1.75 bits per heavy atom. The molecule has 0 radical (unpaired) electrons.